The van der Waals surface area contributed by atoms with E-state index in [1.54, 1.807) is 18.5 Å². The van der Waals surface area contributed by atoms with Crippen molar-refractivity contribution in [1.82, 2.24) is 9.97 Å². The van der Waals surface area contributed by atoms with Gasteiger partial charge in [-0.05, 0) is 44.0 Å². The van der Waals surface area contributed by atoms with Crippen molar-refractivity contribution in [3.63, 3.8) is 0 Å². The van der Waals surface area contributed by atoms with Crippen LogP contribution in [0.2, 0.25) is 0 Å². The third kappa shape index (κ3) is 3.93. The number of pyridine rings is 2. The molecule has 5 heteroatoms. The number of hydrogen-bond donors (Lipinski definition) is 0. The Hall–Kier alpha value is -2.27. The lowest BCUT2D eigenvalue weighted by molar-refractivity contribution is -0.0122. The van der Waals surface area contributed by atoms with Crippen LogP contribution >= 0.6 is 0 Å². The molecule has 0 bridgehead atoms. The molecular formula is C18H20N2O3. The number of aromatic nitrogens is 2. The summed E-state index contributed by atoms with van der Waals surface area (Å²) in [5.74, 6) is -0.0176. The van der Waals surface area contributed by atoms with Gasteiger partial charge in [0.05, 0.1) is 5.69 Å². The van der Waals surface area contributed by atoms with E-state index in [0.29, 0.717) is 11.6 Å². The van der Waals surface area contributed by atoms with Crippen molar-refractivity contribution >= 4 is 5.97 Å². The molecular weight excluding hydrogens is 292 g/mol. The van der Waals surface area contributed by atoms with Gasteiger partial charge in [-0.2, -0.15) is 0 Å². The molecule has 1 aliphatic rings. The van der Waals surface area contributed by atoms with E-state index in [9.17, 15) is 4.79 Å². The molecule has 1 atom stereocenters. The quantitative estimate of drug-likeness (QED) is 0.812. The first-order valence-corrected chi connectivity index (χ1v) is 7.90. The predicted octanol–water partition coefficient (Wildman–Crippen LogP) is 3.12. The van der Waals surface area contributed by atoms with Crippen LogP contribution in [-0.2, 0) is 9.47 Å². The van der Waals surface area contributed by atoms with Crippen LogP contribution in [0.5, 0.6) is 0 Å². The minimum Gasteiger partial charge on any atom is -0.458 e. The lowest BCUT2D eigenvalue weighted by Crippen LogP contribution is -2.29. The zero-order valence-electron chi connectivity index (χ0n) is 13.1. The first-order chi connectivity index (χ1) is 11.2. The maximum absolute atomic E-state index is 12.4. The molecule has 1 fully saturated rings. The van der Waals surface area contributed by atoms with Crippen molar-refractivity contribution < 1.29 is 14.3 Å². The molecule has 5 nitrogen and oxygen atoms in total. The molecule has 0 N–H and O–H groups in total. The molecule has 1 aliphatic heterocycles. The van der Waals surface area contributed by atoms with Gasteiger partial charge in [0.15, 0.2) is 0 Å². The van der Waals surface area contributed by atoms with Crippen molar-refractivity contribution in [2.45, 2.75) is 25.9 Å². The molecule has 23 heavy (non-hydrogen) atoms. The van der Waals surface area contributed by atoms with Crippen LogP contribution in [0, 0.1) is 5.92 Å². The fourth-order valence-corrected chi connectivity index (χ4v) is 2.74. The lowest BCUT2D eigenvalue weighted by Gasteiger charge is -2.27. The standard InChI is InChI=1S/C18H20N2O3/c1-13(14-7-11-22-12-8-14)23-18(21)17-4-2-3-16(20-17)15-5-9-19-10-6-15/h2-6,9-10,13-14H,7-8,11-12H2,1H3/t13-/m0/s1. The number of nitrogens with zero attached hydrogens (tertiary/aromatic N) is 2. The van der Waals surface area contributed by atoms with Gasteiger partial charge in [-0.15, -0.1) is 0 Å². The average Bonchev–Trinajstić information content (AvgIpc) is 2.63. The number of carbonyl (C=O) groups excluding carboxylic acids is 1. The molecule has 0 aliphatic carbocycles. The van der Waals surface area contributed by atoms with Gasteiger partial charge in [-0.1, -0.05) is 6.07 Å². The van der Waals surface area contributed by atoms with Gasteiger partial charge in [0.1, 0.15) is 11.8 Å². The Kier molecular flexibility index (Phi) is 4.98. The zero-order chi connectivity index (χ0) is 16.1. The molecule has 1 saturated heterocycles. The van der Waals surface area contributed by atoms with Crippen molar-refractivity contribution in [2.24, 2.45) is 5.92 Å². The van der Waals surface area contributed by atoms with Gasteiger partial charge in [0, 0.05) is 37.1 Å². The summed E-state index contributed by atoms with van der Waals surface area (Å²) in [5, 5.41) is 0. The summed E-state index contributed by atoms with van der Waals surface area (Å²) >= 11 is 0. The Morgan fingerprint density at radius 2 is 1.96 bits per heavy atom. The Morgan fingerprint density at radius 1 is 1.22 bits per heavy atom. The van der Waals surface area contributed by atoms with E-state index < -0.39 is 0 Å². The van der Waals surface area contributed by atoms with Crippen molar-refractivity contribution in [1.29, 1.82) is 0 Å². The van der Waals surface area contributed by atoms with Gasteiger partial charge in [-0.3, -0.25) is 4.98 Å². The topological polar surface area (TPSA) is 61.3 Å². The lowest BCUT2D eigenvalue weighted by atomic mass is 9.95. The molecule has 0 amide bonds. The highest BCUT2D eigenvalue weighted by molar-refractivity contribution is 5.88. The molecule has 0 saturated carbocycles. The van der Waals surface area contributed by atoms with E-state index in [0.717, 1.165) is 37.3 Å². The highest BCUT2D eigenvalue weighted by atomic mass is 16.5. The Labute approximate surface area is 135 Å². The van der Waals surface area contributed by atoms with Crippen LogP contribution < -0.4 is 0 Å². The average molecular weight is 312 g/mol. The number of hydrogen-bond acceptors (Lipinski definition) is 5. The fourth-order valence-electron chi connectivity index (χ4n) is 2.74. The third-order valence-corrected chi connectivity index (χ3v) is 4.16. The smallest absolute Gasteiger partial charge is 0.357 e. The number of carbonyl (C=O) groups is 1. The summed E-state index contributed by atoms with van der Waals surface area (Å²) in [7, 11) is 0. The Morgan fingerprint density at radius 3 is 2.70 bits per heavy atom. The second-order valence-electron chi connectivity index (χ2n) is 5.70. The van der Waals surface area contributed by atoms with Crippen LogP contribution in [0.4, 0.5) is 0 Å². The Balaban J connectivity index is 1.70. The van der Waals surface area contributed by atoms with E-state index >= 15 is 0 Å². The second-order valence-corrected chi connectivity index (χ2v) is 5.70. The minimum absolute atomic E-state index is 0.127. The molecule has 0 radical (unpaired) electrons. The summed E-state index contributed by atoms with van der Waals surface area (Å²) < 4.78 is 10.9. The fraction of sp³-hybridized carbons (Fsp3) is 0.389. The monoisotopic (exact) mass is 312 g/mol. The molecule has 2 aromatic heterocycles. The van der Waals surface area contributed by atoms with Crippen LogP contribution in [-0.4, -0.2) is 35.3 Å². The highest BCUT2D eigenvalue weighted by Crippen LogP contribution is 2.22. The van der Waals surface area contributed by atoms with Gasteiger partial charge < -0.3 is 9.47 Å². The van der Waals surface area contributed by atoms with Gasteiger partial charge in [0.25, 0.3) is 0 Å². The maximum atomic E-state index is 12.4. The summed E-state index contributed by atoms with van der Waals surface area (Å²) in [5.41, 5.74) is 1.99. The molecule has 0 unspecified atom stereocenters. The van der Waals surface area contributed by atoms with Crippen LogP contribution in [0.15, 0.2) is 42.7 Å². The largest absolute Gasteiger partial charge is 0.458 e. The first kappa shape index (κ1) is 15.6. The molecule has 0 spiro atoms. The van der Waals surface area contributed by atoms with E-state index in [-0.39, 0.29) is 12.1 Å². The normalized spacial score (nSPS) is 16.7. The maximum Gasteiger partial charge on any atom is 0.357 e. The second kappa shape index (κ2) is 7.33. The number of ether oxygens (including phenoxy) is 2. The van der Waals surface area contributed by atoms with E-state index in [1.807, 2.05) is 31.2 Å². The van der Waals surface area contributed by atoms with E-state index in [1.165, 1.54) is 0 Å². The molecule has 3 rings (SSSR count). The van der Waals surface area contributed by atoms with Gasteiger partial charge >= 0.3 is 5.97 Å². The van der Waals surface area contributed by atoms with Crippen molar-refractivity contribution in [3.8, 4) is 11.3 Å². The summed E-state index contributed by atoms with van der Waals surface area (Å²) in [6, 6.07) is 9.10. The van der Waals surface area contributed by atoms with Gasteiger partial charge in [0.2, 0.25) is 0 Å². The minimum atomic E-state index is -0.375. The summed E-state index contributed by atoms with van der Waals surface area (Å²) in [4.78, 5) is 20.8. The number of esters is 1. The predicted molar refractivity (Wildman–Crippen MR) is 85.9 cm³/mol. The molecule has 120 valence electrons. The van der Waals surface area contributed by atoms with Crippen LogP contribution in [0.25, 0.3) is 11.3 Å². The summed E-state index contributed by atoms with van der Waals surface area (Å²) in [6.07, 6.45) is 5.14. The van der Waals surface area contributed by atoms with E-state index in [2.05, 4.69) is 9.97 Å². The SMILES string of the molecule is C[C@H](OC(=O)c1cccc(-c2ccncc2)n1)C1CCOCC1. The zero-order valence-corrected chi connectivity index (χ0v) is 13.1. The van der Waals surface area contributed by atoms with E-state index in [4.69, 9.17) is 9.47 Å². The van der Waals surface area contributed by atoms with Crippen LogP contribution in [0.3, 0.4) is 0 Å². The molecule has 2 aromatic rings. The summed E-state index contributed by atoms with van der Waals surface area (Å²) in [6.45, 7) is 3.42. The Bertz CT molecular complexity index is 654. The van der Waals surface area contributed by atoms with Crippen molar-refractivity contribution in [3.05, 3.63) is 48.4 Å². The molecule has 3 heterocycles. The van der Waals surface area contributed by atoms with Gasteiger partial charge in [-0.25, -0.2) is 9.78 Å². The number of rotatable bonds is 4. The van der Waals surface area contributed by atoms with Crippen molar-refractivity contribution in [2.75, 3.05) is 13.2 Å². The highest BCUT2D eigenvalue weighted by Gasteiger charge is 2.24. The first-order valence-electron chi connectivity index (χ1n) is 7.90. The van der Waals surface area contributed by atoms with Crippen LogP contribution in [0.1, 0.15) is 30.3 Å². The third-order valence-electron chi connectivity index (χ3n) is 4.16. The molecule has 0 aromatic carbocycles.